The lowest BCUT2D eigenvalue weighted by Gasteiger charge is -2.26. The van der Waals surface area contributed by atoms with Gasteiger partial charge >= 0.3 is 0 Å². The quantitative estimate of drug-likeness (QED) is 0.451. The minimum atomic E-state index is -0.657. The monoisotopic (exact) mass is 432 g/mol. The van der Waals surface area contributed by atoms with E-state index in [1.807, 2.05) is 59.1 Å². The van der Waals surface area contributed by atoms with E-state index >= 15 is 0 Å². The first-order valence-electron chi connectivity index (χ1n) is 10.5. The Morgan fingerprint density at radius 1 is 1.12 bits per heavy atom. The molecule has 0 bridgehead atoms. The minimum Gasteiger partial charge on any atom is -0.345 e. The maximum absolute atomic E-state index is 13.1. The van der Waals surface area contributed by atoms with E-state index in [-0.39, 0.29) is 18.1 Å². The molecule has 0 atom stereocenters. The molecular formula is C26H32N4O2. The lowest BCUT2D eigenvalue weighted by molar-refractivity contribution is -0.124. The SMILES string of the molecule is C=C(/C=N\C=C(/C)CC(=O)C(C)(C)c1ccc(-c2cnc(C)nc2)cc1C)C(=O)N(C)C. The molecule has 32 heavy (non-hydrogen) atoms. The summed E-state index contributed by atoms with van der Waals surface area (Å²) in [5.74, 6) is 0.627. The number of hydrogen-bond donors (Lipinski definition) is 0. The third-order valence-corrected chi connectivity index (χ3v) is 5.36. The molecule has 1 amide bonds. The molecular weight excluding hydrogens is 400 g/mol. The van der Waals surface area contributed by atoms with Crippen LogP contribution in [-0.4, -0.2) is 46.9 Å². The van der Waals surface area contributed by atoms with Crippen molar-refractivity contribution in [2.45, 2.75) is 46.5 Å². The van der Waals surface area contributed by atoms with E-state index in [0.717, 1.165) is 33.7 Å². The first kappa shape index (κ1) is 24.9. The molecule has 0 radical (unpaired) electrons. The van der Waals surface area contributed by atoms with Crippen molar-refractivity contribution in [3.05, 3.63) is 71.5 Å². The second kappa shape index (κ2) is 10.3. The lowest BCUT2D eigenvalue weighted by atomic mass is 9.76. The van der Waals surface area contributed by atoms with Crippen LogP contribution in [0.1, 0.15) is 44.1 Å². The maximum atomic E-state index is 13.1. The average Bonchev–Trinajstić information content (AvgIpc) is 2.73. The summed E-state index contributed by atoms with van der Waals surface area (Å²) in [6.45, 7) is 13.3. The molecule has 1 aromatic carbocycles. The van der Waals surface area contributed by atoms with Crippen molar-refractivity contribution in [1.82, 2.24) is 14.9 Å². The Balaban J connectivity index is 2.15. The number of amides is 1. The second-order valence-corrected chi connectivity index (χ2v) is 8.75. The normalized spacial score (nSPS) is 12.2. The zero-order valence-electron chi connectivity index (χ0n) is 20.1. The van der Waals surface area contributed by atoms with Gasteiger partial charge in [-0.3, -0.25) is 14.6 Å². The highest BCUT2D eigenvalue weighted by molar-refractivity contribution is 6.11. The van der Waals surface area contributed by atoms with Crippen LogP contribution in [0, 0.1) is 13.8 Å². The second-order valence-electron chi connectivity index (χ2n) is 8.75. The van der Waals surface area contributed by atoms with Gasteiger partial charge < -0.3 is 4.90 Å². The molecule has 1 aromatic heterocycles. The van der Waals surface area contributed by atoms with E-state index < -0.39 is 5.41 Å². The van der Waals surface area contributed by atoms with Crippen LogP contribution in [0.4, 0.5) is 0 Å². The summed E-state index contributed by atoms with van der Waals surface area (Å²) in [6.07, 6.45) is 6.91. The Kier molecular flexibility index (Phi) is 7.97. The van der Waals surface area contributed by atoms with Crippen molar-refractivity contribution in [3.63, 3.8) is 0 Å². The number of aliphatic imine (C=N–C) groups is 1. The first-order chi connectivity index (χ1) is 14.9. The molecule has 0 saturated carbocycles. The number of nitrogens with zero attached hydrogens (tertiary/aromatic N) is 4. The Hall–Kier alpha value is -3.41. The summed E-state index contributed by atoms with van der Waals surface area (Å²) < 4.78 is 0. The maximum Gasteiger partial charge on any atom is 0.254 e. The van der Waals surface area contributed by atoms with Crippen LogP contribution in [0.3, 0.4) is 0 Å². The van der Waals surface area contributed by atoms with Crippen molar-refractivity contribution >= 4 is 17.9 Å². The van der Waals surface area contributed by atoms with Crippen LogP contribution < -0.4 is 0 Å². The Bertz CT molecular complexity index is 1080. The van der Waals surface area contributed by atoms with Crippen LogP contribution >= 0.6 is 0 Å². The number of likely N-dealkylation sites (N-methyl/N-ethyl adjacent to an activating group) is 1. The van der Waals surface area contributed by atoms with Crippen LogP contribution in [0.5, 0.6) is 0 Å². The number of benzene rings is 1. The largest absolute Gasteiger partial charge is 0.345 e. The average molecular weight is 433 g/mol. The van der Waals surface area contributed by atoms with Gasteiger partial charge in [0.25, 0.3) is 5.91 Å². The van der Waals surface area contributed by atoms with Gasteiger partial charge in [0.2, 0.25) is 0 Å². The number of Topliss-reactive ketones (excluding diaryl/α,β-unsaturated/α-hetero) is 1. The molecule has 0 aliphatic rings. The van der Waals surface area contributed by atoms with Crippen LogP contribution in [-0.2, 0) is 15.0 Å². The molecule has 6 heteroatoms. The van der Waals surface area contributed by atoms with Gasteiger partial charge in [-0.05, 0) is 56.9 Å². The summed E-state index contributed by atoms with van der Waals surface area (Å²) in [4.78, 5) is 39.0. The van der Waals surface area contributed by atoms with Gasteiger partial charge in [0.05, 0.1) is 5.57 Å². The molecule has 0 unspecified atom stereocenters. The molecule has 0 aliphatic carbocycles. The topological polar surface area (TPSA) is 75.5 Å². The summed E-state index contributed by atoms with van der Waals surface area (Å²) in [6, 6.07) is 6.08. The van der Waals surface area contributed by atoms with Gasteiger partial charge in [-0.25, -0.2) is 9.97 Å². The summed E-state index contributed by atoms with van der Waals surface area (Å²) in [5.41, 5.74) is 4.44. The summed E-state index contributed by atoms with van der Waals surface area (Å²) >= 11 is 0. The van der Waals surface area contributed by atoms with Crippen LogP contribution in [0.25, 0.3) is 11.1 Å². The summed E-state index contributed by atoms with van der Waals surface area (Å²) in [5, 5.41) is 0. The Morgan fingerprint density at radius 3 is 2.31 bits per heavy atom. The van der Waals surface area contributed by atoms with Crippen molar-refractivity contribution < 1.29 is 9.59 Å². The molecule has 168 valence electrons. The van der Waals surface area contributed by atoms with Crippen LogP contribution in [0.15, 0.2) is 59.5 Å². The van der Waals surface area contributed by atoms with E-state index in [1.54, 1.807) is 20.3 Å². The minimum absolute atomic E-state index is 0.0964. The highest BCUT2D eigenvalue weighted by Gasteiger charge is 2.30. The van der Waals surface area contributed by atoms with Crippen LogP contribution in [0.2, 0.25) is 0 Å². The van der Waals surface area contributed by atoms with E-state index in [4.69, 9.17) is 0 Å². The number of carbonyl (C=O) groups is 2. The molecule has 0 saturated heterocycles. The molecule has 0 spiro atoms. The number of allylic oxidation sites excluding steroid dienone is 1. The molecule has 1 heterocycles. The third kappa shape index (κ3) is 6.06. The number of carbonyl (C=O) groups excluding carboxylic acids is 2. The molecule has 2 aromatic rings. The van der Waals surface area contributed by atoms with E-state index in [0.29, 0.717) is 5.57 Å². The fraction of sp³-hybridized carbons (Fsp3) is 0.346. The molecule has 0 N–H and O–H groups in total. The third-order valence-electron chi connectivity index (χ3n) is 5.36. The molecule has 6 nitrogen and oxygen atoms in total. The van der Waals surface area contributed by atoms with Crippen molar-refractivity contribution in [3.8, 4) is 11.1 Å². The molecule has 0 fully saturated rings. The predicted molar refractivity (Wildman–Crippen MR) is 130 cm³/mol. The number of aryl methyl sites for hydroxylation is 2. The number of hydrogen-bond acceptors (Lipinski definition) is 5. The predicted octanol–water partition coefficient (Wildman–Crippen LogP) is 4.62. The lowest BCUT2D eigenvalue weighted by Crippen LogP contribution is -2.30. The fourth-order valence-corrected chi connectivity index (χ4v) is 3.35. The Morgan fingerprint density at radius 2 is 1.75 bits per heavy atom. The zero-order valence-corrected chi connectivity index (χ0v) is 20.1. The zero-order chi connectivity index (χ0) is 24.1. The van der Waals surface area contributed by atoms with E-state index in [2.05, 4.69) is 27.6 Å². The highest BCUT2D eigenvalue weighted by Crippen LogP contribution is 2.32. The standard InChI is InChI=1S/C26H32N4O2/c1-17(13-27-14-19(3)25(32)30(7)8)11-24(31)26(5,6)23-10-9-21(12-18(23)2)22-15-28-20(4)29-16-22/h9-10,12-16H,3,11H2,1-2,4-8H3/b17-13+,27-14-. The van der Waals surface area contributed by atoms with Crippen molar-refractivity contribution in [1.29, 1.82) is 0 Å². The van der Waals surface area contributed by atoms with Gasteiger partial charge in [-0.1, -0.05) is 24.8 Å². The van der Waals surface area contributed by atoms with Gasteiger partial charge in [0, 0.05) is 56.3 Å². The van der Waals surface area contributed by atoms with Crippen molar-refractivity contribution in [2.24, 2.45) is 4.99 Å². The van der Waals surface area contributed by atoms with Gasteiger partial charge in [0.1, 0.15) is 11.6 Å². The van der Waals surface area contributed by atoms with E-state index in [1.165, 1.54) is 11.1 Å². The summed E-state index contributed by atoms with van der Waals surface area (Å²) in [7, 11) is 3.32. The van der Waals surface area contributed by atoms with Gasteiger partial charge in [0.15, 0.2) is 0 Å². The number of ketones is 1. The van der Waals surface area contributed by atoms with E-state index in [9.17, 15) is 9.59 Å². The van der Waals surface area contributed by atoms with Gasteiger partial charge in [-0.15, -0.1) is 0 Å². The highest BCUT2D eigenvalue weighted by atomic mass is 16.2. The van der Waals surface area contributed by atoms with Crippen molar-refractivity contribution in [2.75, 3.05) is 14.1 Å². The molecule has 0 aliphatic heterocycles. The Labute approximate surface area is 190 Å². The number of aromatic nitrogens is 2. The first-order valence-corrected chi connectivity index (χ1v) is 10.5. The smallest absolute Gasteiger partial charge is 0.254 e. The number of rotatable bonds is 8. The fourth-order valence-electron chi connectivity index (χ4n) is 3.35. The molecule has 2 rings (SSSR count). The van der Waals surface area contributed by atoms with Gasteiger partial charge in [-0.2, -0.15) is 0 Å².